The van der Waals surface area contributed by atoms with Gasteiger partial charge in [0.05, 0.1) is 5.66 Å². The highest BCUT2D eigenvalue weighted by Crippen LogP contribution is 2.65. The summed E-state index contributed by atoms with van der Waals surface area (Å²) in [7, 11) is -3.01. The zero-order chi connectivity index (χ0) is 21.8. The fourth-order valence-electron chi connectivity index (χ4n) is 4.82. The number of hydrogen-bond acceptors (Lipinski definition) is 1. The van der Waals surface area contributed by atoms with Gasteiger partial charge in [0.25, 0.3) is 0 Å². The first kappa shape index (κ1) is 20.0. The molecule has 0 heterocycles. The average molecular weight is 423 g/mol. The van der Waals surface area contributed by atoms with Crippen molar-refractivity contribution in [3.63, 3.8) is 0 Å². The molecule has 1 aliphatic carbocycles. The van der Waals surface area contributed by atoms with Gasteiger partial charge in [-0.2, -0.15) is 0 Å². The van der Waals surface area contributed by atoms with Crippen LogP contribution in [0.25, 0.3) is 11.1 Å². The first-order chi connectivity index (χ1) is 14.9. The van der Waals surface area contributed by atoms with Crippen LogP contribution in [0.4, 0.5) is 0 Å². The Kier molecular flexibility index (Phi) is 4.76. The number of hydrogen-bond donors (Lipinski definition) is 0. The predicted octanol–water partition coefficient (Wildman–Crippen LogP) is 7.00. The van der Waals surface area contributed by atoms with Gasteiger partial charge in [0.1, 0.15) is 0 Å². The van der Waals surface area contributed by atoms with E-state index in [0.717, 1.165) is 10.6 Å². The molecule has 0 N–H and O–H groups in total. The first-order valence-electron chi connectivity index (χ1n) is 10.8. The Bertz CT molecular complexity index is 1230. The molecule has 2 heteroatoms. The highest BCUT2D eigenvalue weighted by atomic mass is 31.2. The number of benzene rings is 4. The Morgan fingerprint density at radius 2 is 0.871 bits per heavy atom. The first-order valence-corrected chi connectivity index (χ1v) is 12.6. The lowest BCUT2D eigenvalue weighted by Gasteiger charge is -2.28. The molecule has 0 bridgehead atoms. The Hall–Kier alpha value is -2.89. The molecule has 5 rings (SSSR count). The molecule has 0 radical (unpaired) electrons. The quantitative estimate of drug-likeness (QED) is 0.325. The van der Waals surface area contributed by atoms with E-state index in [9.17, 15) is 0 Å². The molecule has 154 valence electrons. The number of aryl methyl sites for hydroxylation is 4. The molecule has 4 aromatic rings. The van der Waals surface area contributed by atoms with E-state index in [-0.39, 0.29) is 5.66 Å². The van der Waals surface area contributed by atoms with Crippen molar-refractivity contribution in [1.82, 2.24) is 0 Å². The van der Waals surface area contributed by atoms with Crippen molar-refractivity contribution in [2.75, 3.05) is 0 Å². The minimum Gasteiger partial charge on any atom is -0.313 e. The minimum absolute atomic E-state index is 0.177. The molecular weight excluding hydrogens is 395 g/mol. The van der Waals surface area contributed by atoms with Crippen molar-refractivity contribution in [2.24, 2.45) is 0 Å². The summed E-state index contributed by atoms with van der Waals surface area (Å²) in [5, 5.41) is 1.85. The fourth-order valence-corrected chi connectivity index (χ4v) is 8.13. The van der Waals surface area contributed by atoms with Gasteiger partial charge in [0.2, 0.25) is 0 Å². The number of rotatable bonds is 3. The Morgan fingerprint density at radius 1 is 0.516 bits per heavy atom. The Morgan fingerprint density at radius 3 is 1.26 bits per heavy atom. The molecule has 0 fully saturated rings. The zero-order valence-electron chi connectivity index (χ0n) is 18.5. The van der Waals surface area contributed by atoms with E-state index in [1.54, 1.807) is 0 Å². The van der Waals surface area contributed by atoms with Crippen LogP contribution < -0.4 is 10.6 Å². The van der Waals surface area contributed by atoms with Gasteiger partial charge in [-0.1, -0.05) is 107 Å². The van der Waals surface area contributed by atoms with Crippen LogP contribution in [0.2, 0.25) is 0 Å². The lowest BCUT2D eigenvalue weighted by atomic mass is 10.0. The molecule has 0 aromatic heterocycles. The molecule has 0 aliphatic heterocycles. The summed E-state index contributed by atoms with van der Waals surface area (Å²) in [4.78, 5) is 0. The lowest BCUT2D eigenvalue weighted by molar-refractivity contribution is 0.583. The van der Waals surface area contributed by atoms with Crippen LogP contribution in [-0.2, 0) is 4.57 Å². The van der Waals surface area contributed by atoms with Crippen molar-refractivity contribution < 1.29 is 4.57 Å². The number of fused-ring (bicyclic) bond motifs is 3. The third-order valence-corrected chi connectivity index (χ3v) is 9.91. The van der Waals surface area contributed by atoms with Crippen molar-refractivity contribution in [3.8, 4) is 11.1 Å². The lowest BCUT2D eigenvalue weighted by Crippen LogP contribution is -2.21. The van der Waals surface area contributed by atoms with Crippen LogP contribution in [0, 0.1) is 27.7 Å². The molecule has 0 saturated heterocycles. The van der Waals surface area contributed by atoms with Gasteiger partial charge in [0, 0.05) is 10.6 Å². The summed E-state index contributed by atoms with van der Waals surface area (Å²) in [6.07, 6.45) is 0. The van der Waals surface area contributed by atoms with E-state index in [4.69, 9.17) is 0 Å². The second-order valence-corrected chi connectivity index (χ2v) is 11.8. The fraction of sp³-hybridized carbons (Fsp3) is 0.172. The van der Waals surface area contributed by atoms with E-state index in [1.165, 1.54) is 44.5 Å². The van der Waals surface area contributed by atoms with E-state index in [1.807, 2.05) is 0 Å². The Balaban J connectivity index is 1.85. The smallest absolute Gasteiger partial charge is 0.154 e. The third-order valence-electron chi connectivity index (χ3n) is 6.50. The van der Waals surface area contributed by atoms with Gasteiger partial charge >= 0.3 is 0 Å². The van der Waals surface area contributed by atoms with Crippen molar-refractivity contribution in [1.29, 1.82) is 0 Å². The van der Waals surface area contributed by atoms with Crippen LogP contribution >= 0.6 is 7.14 Å². The summed E-state index contributed by atoms with van der Waals surface area (Å²) in [6.45, 7) is 8.41. The highest BCUT2D eigenvalue weighted by molar-refractivity contribution is 7.79. The van der Waals surface area contributed by atoms with E-state index in [2.05, 4.69) is 113 Å². The van der Waals surface area contributed by atoms with Crippen LogP contribution in [0.15, 0.2) is 84.9 Å². The second kappa shape index (κ2) is 7.36. The topological polar surface area (TPSA) is 17.1 Å². The molecule has 31 heavy (non-hydrogen) atoms. The summed E-state index contributed by atoms with van der Waals surface area (Å²) >= 11 is 0. The van der Waals surface area contributed by atoms with Crippen LogP contribution in [-0.4, -0.2) is 0 Å². The Labute approximate surface area is 185 Å². The van der Waals surface area contributed by atoms with E-state index in [0.29, 0.717) is 0 Å². The van der Waals surface area contributed by atoms with Crippen LogP contribution in [0.3, 0.4) is 0 Å². The summed E-state index contributed by atoms with van der Waals surface area (Å²) in [5.41, 5.74) is 9.44. The molecule has 0 spiro atoms. The monoisotopic (exact) mass is 422 g/mol. The molecule has 0 unspecified atom stereocenters. The van der Waals surface area contributed by atoms with E-state index < -0.39 is 7.14 Å². The maximum atomic E-state index is 15.3. The molecular formula is C29H27OP. The average Bonchev–Trinajstić information content (AvgIpc) is 3.07. The molecule has 0 atom stereocenters. The van der Waals surface area contributed by atoms with Gasteiger partial charge in [-0.25, -0.2) is 0 Å². The third kappa shape index (κ3) is 3.20. The van der Waals surface area contributed by atoms with Gasteiger partial charge < -0.3 is 4.57 Å². The van der Waals surface area contributed by atoms with Gasteiger partial charge in [-0.15, -0.1) is 0 Å². The molecule has 0 amide bonds. The SMILES string of the molecule is Cc1ccc(P(=O)(c2ccc(C)cc2)C2c3ccc(C)cc3-c3cc(C)ccc32)cc1. The molecule has 1 nitrogen and oxygen atoms in total. The molecule has 1 aliphatic rings. The van der Waals surface area contributed by atoms with Crippen molar-refractivity contribution in [3.05, 3.63) is 118 Å². The maximum absolute atomic E-state index is 15.3. The largest absolute Gasteiger partial charge is 0.313 e. The normalized spacial score (nSPS) is 13.2. The highest BCUT2D eigenvalue weighted by Gasteiger charge is 2.44. The predicted molar refractivity (Wildman–Crippen MR) is 132 cm³/mol. The minimum atomic E-state index is -3.01. The van der Waals surface area contributed by atoms with E-state index >= 15 is 4.57 Å². The van der Waals surface area contributed by atoms with Gasteiger partial charge in [-0.3, -0.25) is 0 Å². The molecule has 0 saturated carbocycles. The van der Waals surface area contributed by atoms with Gasteiger partial charge in [-0.05, 0) is 49.9 Å². The second-order valence-electron chi connectivity index (χ2n) is 8.91. The maximum Gasteiger partial charge on any atom is 0.154 e. The van der Waals surface area contributed by atoms with Gasteiger partial charge in [0.15, 0.2) is 7.14 Å². The van der Waals surface area contributed by atoms with Crippen LogP contribution in [0.5, 0.6) is 0 Å². The summed E-state index contributed by atoms with van der Waals surface area (Å²) in [5.74, 6) is 0. The zero-order valence-corrected chi connectivity index (χ0v) is 19.4. The molecule has 4 aromatic carbocycles. The standard InChI is InChI=1S/C29H27OP/c1-19-5-11-23(12-6-19)31(30,24-13-7-20(2)8-14-24)29-25-15-9-21(3)17-27(25)28-18-22(4)10-16-26(28)29/h5-18,29H,1-4H3. The summed E-state index contributed by atoms with van der Waals surface area (Å²) < 4.78 is 15.3. The van der Waals surface area contributed by atoms with Crippen LogP contribution in [0.1, 0.15) is 39.0 Å². The van der Waals surface area contributed by atoms with Crippen molar-refractivity contribution in [2.45, 2.75) is 33.4 Å². The van der Waals surface area contributed by atoms with Crippen molar-refractivity contribution >= 4 is 17.8 Å². The summed E-state index contributed by atoms with van der Waals surface area (Å²) in [6, 6.07) is 29.8.